The Kier molecular flexibility index (Phi) is 4.40. The molecule has 37 heavy (non-hydrogen) atoms. The predicted octanol–water partition coefficient (Wildman–Crippen LogP) is 9.73. The lowest BCUT2D eigenvalue weighted by Crippen LogP contribution is -2.12. The molecule has 0 saturated carbocycles. The van der Waals surface area contributed by atoms with Gasteiger partial charge in [0.05, 0.1) is 22.1 Å². The van der Waals surface area contributed by atoms with E-state index in [-0.39, 0.29) is 10.8 Å². The standard InChI is InChI=1S/C35H34N2/c1-20-8-9-22-17-27-31-30-21(14-15-36-31)10-12-25-24-13-11-23(35(5,6)7)18-29(24)37(33(25)30)32(27)28(26(22)16-20)19-34(2,3)4/h8-18H,19H2,1-7H3. The third kappa shape index (κ3) is 3.21. The maximum Gasteiger partial charge on any atom is 0.0823 e. The number of fused-ring (bicyclic) bond motifs is 7. The van der Waals surface area contributed by atoms with Gasteiger partial charge in [0.2, 0.25) is 0 Å². The number of hydrogen-bond acceptors (Lipinski definition) is 1. The zero-order valence-electron chi connectivity index (χ0n) is 23.0. The van der Waals surface area contributed by atoms with Crippen molar-refractivity contribution in [2.75, 3.05) is 0 Å². The molecule has 0 bridgehead atoms. The van der Waals surface area contributed by atoms with Crippen molar-refractivity contribution in [1.82, 2.24) is 9.38 Å². The molecule has 0 aliphatic rings. The number of aromatic nitrogens is 2. The van der Waals surface area contributed by atoms with E-state index in [4.69, 9.17) is 4.98 Å². The molecule has 3 aromatic heterocycles. The van der Waals surface area contributed by atoms with E-state index in [0.29, 0.717) is 0 Å². The second-order valence-electron chi connectivity index (χ2n) is 13.3. The van der Waals surface area contributed by atoms with Gasteiger partial charge in [0.15, 0.2) is 0 Å². The Morgan fingerprint density at radius 3 is 2.22 bits per heavy atom. The highest BCUT2D eigenvalue weighted by Gasteiger charge is 2.25. The molecule has 184 valence electrons. The molecule has 7 aromatic rings. The number of nitrogens with zero attached hydrogens (tertiary/aromatic N) is 2. The molecule has 0 spiro atoms. The molecule has 0 atom stereocenters. The van der Waals surface area contributed by atoms with Crippen molar-refractivity contribution in [2.24, 2.45) is 5.41 Å². The molecule has 4 aromatic carbocycles. The Hall–Kier alpha value is -3.65. The summed E-state index contributed by atoms with van der Waals surface area (Å²) in [5.41, 5.74) is 9.34. The van der Waals surface area contributed by atoms with E-state index >= 15 is 0 Å². The summed E-state index contributed by atoms with van der Waals surface area (Å²) in [5.74, 6) is 0. The van der Waals surface area contributed by atoms with Gasteiger partial charge >= 0.3 is 0 Å². The van der Waals surface area contributed by atoms with Gasteiger partial charge in [-0.15, -0.1) is 0 Å². The van der Waals surface area contributed by atoms with E-state index in [0.717, 1.165) is 11.9 Å². The first kappa shape index (κ1) is 22.5. The van der Waals surface area contributed by atoms with Crippen LogP contribution in [0.3, 0.4) is 0 Å². The fraction of sp³-hybridized carbons (Fsp3) is 0.286. The molecule has 2 nitrogen and oxygen atoms in total. The van der Waals surface area contributed by atoms with E-state index in [1.807, 2.05) is 6.20 Å². The number of aryl methyl sites for hydroxylation is 1. The van der Waals surface area contributed by atoms with Crippen molar-refractivity contribution >= 4 is 59.8 Å². The monoisotopic (exact) mass is 482 g/mol. The van der Waals surface area contributed by atoms with Crippen LogP contribution < -0.4 is 0 Å². The number of rotatable bonds is 1. The second-order valence-corrected chi connectivity index (χ2v) is 13.3. The molecule has 0 aliphatic carbocycles. The minimum atomic E-state index is 0.0753. The van der Waals surface area contributed by atoms with Crippen molar-refractivity contribution in [3.05, 3.63) is 83.6 Å². The van der Waals surface area contributed by atoms with Gasteiger partial charge < -0.3 is 4.40 Å². The zero-order valence-corrected chi connectivity index (χ0v) is 23.0. The summed E-state index contributed by atoms with van der Waals surface area (Å²) in [4.78, 5) is 5.04. The molecule has 0 amide bonds. The Morgan fingerprint density at radius 1 is 0.703 bits per heavy atom. The Labute approximate surface area is 218 Å². The van der Waals surface area contributed by atoms with Crippen molar-refractivity contribution in [3.63, 3.8) is 0 Å². The van der Waals surface area contributed by atoms with Crippen LogP contribution in [0.1, 0.15) is 58.2 Å². The van der Waals surface area contributed by atoms with Crippen LogP contribution in [0.2, 0.25) is 0 Å². The van der Waals surface area contributed by atoms with Gasteiger partial charge in [-0.05, 0) is 69.7 Å². The molecular weight excluding hydrogens is 448 g/mol. The predicted molar refractivity (Wildman–Crippen MR) is 161 cm³/mol. The first-order chi connectivity index (χ1) is 17.5. The molecule has 7 rings (SSSR count). The summed E-state index contributed by atoms with van der Waals surface area (Å²) in [6, 6.07) is 23.1. The van der Waals surface area contributed by atoms with Gasteiger partial charge in [0, 0.05) is 27.7 Å². The molecule has 0 saturated heterocycles. The van der Waals surface area contributed by atoms with E-state index < -0.39 is 0 Å². The van der Waals surface area contributed by atoms with Gasteiger partial charge in [-0.25, -0.2) is 0 Å². The molecule has 0 radical (unpaired) electrons. The first-order valence-electron chi connectivity index (χ1n) is 13.4. The van der Waals surface area contributed by atoms with E-state index in [9.17, 15) is 0 Å². The first-order valence-corrected chi connectivity index (χ1v) is 13.4. The maximum absolute atomic E-state index is 5.04. The third-order valence-corrected chi connectivity index (χ3v) is 8.08. The third-order valence-electron chi connectivity index (χ3n) is 8.08. The molecule has 0 unspecified atom stereocenters. The molecule has 0 fully saturated rings. The van der Waals surface area contributed by atoms with Crippen molar-refractivity contribution in [1.29, 1.82) is 0 Å². The van der Waals surface area contributed by atoms with Crippen molar-refractivity contribution in [2.45, 2.75) is 60.3 Å². The lowest BCUT2D eigenvalue weighted by molar-refractivity contribution is 0.413. The van der Waals surface area contributed by atoms with Crippen LogP contribution in [0.25, 0.3) is 59.8 Å². The Balaban J connectivity index is 1.85. The Morgan fingerprint density at radius 2 is 1.46 bits per heavy atom. The minimum Gasteiger partial charge on any atom is -0.308 e. The van der Waals surface area contributed by atoms with Crippen LogP contribution in [0.4, 0.5) is 0 Å². The fourth-order valence-corrected chi connectivity index (χ4v) is 6.39. The fourth-order valence-electron chi connectivity index (χ4n) is 6.39. The second kappa shape index (κ2) is 7.22. The van der Waals surface area contributed by atoms with E-state index in [2.05, 4.69) is 114 Å². The van der Waals surface area contributed by atoms with Crippen LogP contribution in [0, 0.1) is 12.3 Å². The summed E-state index contributed by atoms with van der Waals surface area (Å²) >= 11 is 0. The summed E-state index contributed by atoms with van der Waals surface area (Å²) in [7, 11) is 0. The van der Waals surface area contributed by atoms with Crippen molar-refractivity contribution in [3.8, 4) is 0 Å². The van der Waals surface area contributed by atoms with Gasteiger partial charge in [-0.2, -0.15) is 0 Å². The number of hydrogen-bond donors (Lipinski definition) is 0. The molecule has 2 heteroatoms. The van der Waals surface area contributed by atoms with Crippen molar-refractivity contribution < 1.29 is 0 Å². The molecular formula is C35H34N2. The molecule has 0 N–H and O–H groups in total. The van der Waals surface area contributed by atoms with E-state index in [1.165, 1.54) is 70.9 Å². The normalized spacial score (nSPS) is 13.4. The van der Waals surface area contributed by atoms with E-state index in [1.54, 1.807) is 0 Å². The summed E-state index contributed by atoms with van der Waals surface area (Å²) < 4.78 is 2.59. The van der Waals surface area contributed by atoms with Gasteiger partial charge in [0.25, 0.3) is 0 Å². The lowest BCUT2D eigenvalue weighted by Gasteiger charge is -2.24. The summed E-state index contributed by atoms with van der Waals surface area (Å²) in [6.45, 7) is 16.2. The maximum atomic E-state index is 5.04. The van der Waals surface area contributed by atoms with Gasteiger partial charge in [-0.3, -0.25) is 4.98 Å². The van der Waals surface area contributed by atoms with Crippen LogP contribution in [-0.4, -0.2) is 9.38 Å². The smallest absolute Gasteiger partial charge is 0.0823 e. The van der Waals surface area contributed by atoms with Crippen LogP contribution >= 0.6 is 0 Å². The SMILES string of the molecule is Cc1ccc2cc3c4nccc5ccc6c7ccc(C(C)(C)C)cc7n(c3c(CC(C)(C)C)c2c1)c6c54. The van der Waals surface area contributed by atoms with Crippen LogP contribution in [-0.2, 0) is 11.8 Å². The quantitative estimate of drug-likeness (QED) is 0.168. The highest BCUT2D eigenvalue weighted by molar-refractivity contribution is 6.28. The molecule has 0 aliphatic heterocycles. The van der Waals surface area contributed by atoms with Crippen LogP contribution in [0.15, 0.2) is 66.9 Å². The molecule has 3 heterocycles. The van der Waals surface area contributed by atoms with Gasteiger partial charge in [0.1, 0.15) is 0 Å². The minimum absolute atomic E-state index is 0.0753. The summed E-state index contributed by atoms with van der Waals surface area (Å²) in [5, 5.41) is 9.07. The average molecular weight is 483 g/mol. The average Bonchev–Trinajstić information content (AvgIpc) is 3.16. The highest BCUT2D eigenvalue weighted by atomic mass is 14.9. The zero-order chi connectivity index (χ0) is 25.9. The largest absolute Gasteiger partial charge is 0.308 e. The van der Waals surface area contributed by atoms with Gasteiger partial charge in [-0.1, -0.05) is 89.6 Å². The Bertz CT molecular complexity index is 2020. The lowest BCUT2D eigenvalue weighted by atomic mass is 9.84. The summed E-state index contributed by atoms with van der Waals surface area (Å²) in [6.07, 6.45) is 2.97. The topological polar surface area (TPSA) is 17.3 Å². The van der Waals surface area contributed by atoms with Crippen LogP contribution in [0.5, 0.6) is 0 Å². The number of benzene rings is 4. The number of pyridine rings is 2. The highest BCUT2D eigenvalue weighted by Crippen LogP contribution is 2.44.